The van der Waals surface area contributed by atoms with E-state index >= 15 is 0 Å². The summed E-state index contributed by atoms with van der Waals surface area (Å²) in [5.74, 6) is -1.87. The molecule has 2 aromatic rings. The molecule has 0 spiro atoms. The summed E-state index contributed by atoms with van der Waals surface area (Å²) in [5.41, 5.74) is 0.0948. The Bertz CT molecular complexity index is 1090. The Morgan fingerprint density at radius 3 is 2.50 bits per heavy atom. The number of halogens is 2. The fourth-order valence-electron chi connectivity index (χ4n) is 2.69. The number of sulfonamides is 1. The standard InChI is InChI=1S/C22H24ClFN2O5S/c1-4-12-25-21(27)15(3)31-22(28)16-6-11-19(23)20(14-16)32(29,30)26(13-5-2)18-9-7-17(24)8-10-18/h5-11,14-15H,2,4,12-13H2,1,3H3,(H,25,27). The predicted octanol–water partition coefficient (Wildman–Crippen LogP) is 3.93. The van der Waals surface area contributed by atoms with Crippen LogP contribution in [-0.4, -0.2) is 39.5 Å². The highest BCUT2D eigenvalue weighted by Crippen LogP contribution is 2.30. The summed E-state index contributed by atoms with van der Waals surface area (Å²) >= 11 is 6.15. The Morgan fingerprint density at radius 2 is 1.91 bits per heavy atom. The van der Waals surface area contributed by atoms with Crippen molar-refractivity contribution >= 4 is 39.2 Å². The van der Waals surface area contributed by atoms with E-state index in [2.05, 4.69) is 11.9 Å². The third kappa shape index (κ3) is 6.08. The fraction of sp³-hybridized carbons (Fsp3) is 0.273. The smallest absolute Gasteiger partial charge is 0.338 e. The maximum absolute atomic E-state index is 13.3. The van der Waals surface area contributed by atoms with Crippen molar-refractivity contribution in [3.63, 3.8) is 0 Å². The number of carbonyl (C=O) groups excluding carboxylic acids is 2. The van der Waals surface area contributed by atoms with Crippen LogP contribution in [0.3, 0.4) is 0 Å². The molecular formula is C22H24ClFN2O5S. The van der Waals surface area contributed by atoms with Crippen LogP contribution in [0.1, 0.15) is 30.6 Å². The van der Waals surface area contributed by atoms with Gasteiger partial charge in [-0.15, -0.1) is 6.58 Å². The molecule has 0 aromatic heterocycles. The van der Waals surface area contributed by atoms with Crippen LogP contribution in [0.15, 0.2) is 60.0 Å². The summed E-state index contributed by atoms with van der Waals surface area (Å²) < 4.78 is 46.1. The molecule has 1 atom stereocenters. The lowest BCUT2D eigenvalue weighted by molar-refractivity contribution is -0.129. The minimum absolute atomic E-state index is 0.0965. The van der Waals surface area contributed by atoms with Gasteiger partial charge in [-0.05, 0) is 55.8 Å². The predicted molar refractivity (Wildman–Crippen MR) is 121 cm³/mol. The average molecular weight is 483 g/mol. The van der Waals surface area contributed by atoms with Gasteiger partial charge in [-0.3, -0.25) is 9.10 Å². The summed E-state index contributed by atoms with van der Waals surface area (Å²) in [6.45, 7) is 7.18. The van der Waals surface area contributed by atoms with Crippen LogP contribution in [0, 0.1) is 5.82 Å². The summed E-state index contributed by atoms with van der Waals surface area (Å²) in [5, 5.41) is 2.49. The van der Waals surface area contributed by atoms with Gasteiger partial charge >= 0.3 is 5.97 Å². The van der Waals surface area contributed by atoms with E-state index < -0.39 is 33.8 Å². The van der Waals surface area contributed by atoms with Gasteiger partial charge in [0.05, 0.1) is 22.8 Å². The first-order chi connectivity index (χ1) is 15.1. The number of nitrogens with zero attached hydrogens (tertiary/aromatic N) is 1. The summed E-state index contributed by atoms with van der Waals surface area (Å²) in [6, 6.07) is 8.50. The van der Waals surface area contributed by atoms with Crippen molar-refractivity contribution < 1.29 is 27.1 Å². The topological polar surface area (TPSA) is 92.8 Å². The summed E-state index contributed by atoms with van der Waals surface area (Å²) in [6.07, 6.45) is 1.02. The van der Waals surface area contributed by atoms with Crippen molar-refractivity contribution in [1.29, 1.82) is 0 Å². The summed E-state index contributed by atoms with van der Waals surface area (Å²) in [7, 11) is -4.25. The van der Waals surface area contributed by atoms with E-state index in [1.54, 1.807) is 0 Å². The van der Waals surface area contributed by atoms with Gasteiger partial charge in [-0.2, -0.15) is 0 Å². The molecule has 0 aliphatic carbocycles. The quantitative estimate of drug-likeness (QED) is 0.409. The average Bonchev–Trinajstić information content (AvgIpc) is 2.76. The molecule has 0 aliphatic heterocycles. The molecule has 10 heteroatoms. The number of carbonyl (C=O) groups is 2. The molecule has 0 saturated heterocycles. The molecule has 172 valence electrons. The molecule has 1 unspecified atom stereocenters. The third-order valence-corrected chi connectivity index (χ3v) is 6.62. The minimum atomic E-state index is -4.25. The number of rotatable bonds is 10. The van der Waals surface area contributed by atoms with Gasteiger partial charge in [0.25, 0.3) is 15.9 Å². The van der Waals surface area contributed by atoms with E-state index in [0.717, 1.165) is 28.9 Å². The van der Waals surface area contributed by atoms with Gasteiger partial charge in [0, 0.05) is 6.54 Å². The number of nitrogens with one attached hydrogen (secondary N) is 1. The second-order valence-corrected chi connectivity index (χ2v) is 9.02. The Labute approximate surface area is 191 Å². The van der Waals surface area contributed by atoms with Crippen LogP contribution in [0.5, 0.6) is 0 Å². The number of amides is 1. The van der Waals surface area contributed by atoms with Crippen LogP contribution >= 0.6 is 11.6 Å². The van der Waals surface area contributed by atoms with E-state index in [1.807, 2.05) is 6.92 Å². The second-order valence-electron chi connectivity index (χ2n) is 6.78. The molecule has 2 rings (SSSR count). The highest BCUT2D eigenvalue weighted by molar-refractivity contribution is 7.93. The van der Waals surface area contributed by atoms with E-state index in [4.69, 9.17) is 16.3 Å². The number of ether oxygens (including phenoxy) is 1. The molecule has 1 amide bonds. The zero-order valence-electron chi connectivity index (χ0n) is 17.7. The Morgan fingerprint density at radius 1 is 1.25 bits per heavy atom. The van der Waals surface area contributed by atoms with Crippen molar-refractivity contribution in [2.24, 2.45) is 0 Å². The Balaban J connectivity index is 2.37. The van der Waals surface area contributed by atoms with Crippen molar-refractivity contribution in [2.75, 3.05) is 17.4 Å². The minimum Gasteiger partial charge on any atom is -0.449 e. The fourth-order valence-corrected chi connectivity index (χ4v) is 4.63. The van der Waals surface area contributed by atoms with Gasteiger partial charge < -0.3 is 10.1 Å². The zero-order chi connectivity index (χ0) is 23.9. The molecule has 0 aliphatic rings. The number of hydrogen-bond acceptors (Lipinski definition) is 5. The second kappa shape index (κ2) is 11.1. The zero-order valence-corrected chi connectivity index (χ0v) is 19.2. The number of esters is 1. The van der Waals surface area contributed by atoms with Crippen LogP contribution < -0.4 is 9.62 Å². The normalized spacial score (nSPS) is 12.0. The molecule has 0 bridgehead atoms. The van der Waals surface area contributed by atoms with Gasteiger partial charge in [-0.1, -0.05) is 24.6 Å². The van der Waals surface area contributed by atoms with E-state index in [-0.39, 0.29) is 27.7 Å². The van der Waals surface area contributed by atoms with E-state index in [0.29, 0.717) is 6.54 Å². The summed E-state index contributed by atoms with van der Waals surface area (Å²) in [4.78, 5) is 24.1. The van der Waals surface area contributed by atoms with Gasteiger partial charge in [0.15, 0.2) is 6.10 Å². The molecule has 7 nitrogen and oxygen atoms in total. The van der Waals surface area contributed by atoms with Crippen molar-refractivity contribution in [2.45, 2.75) is 31.3 Å². The van der Waals surface area contributed by atoms with Crippen LogP contribution in [0.25, 0.3) is 0 Å². The first-order valence-electron chi connectivity index (χ1n) is 9.79. The maximum Gasteiger partial charge on any atom is 0.338 e. The molecular weight excluding hydrogens is 459 g/mol. The van der Waals surface area contributed by atoms with Crippen LogP contribution in [0.4, 0.5) is 10.1 Å². The van der Waals surface area contributed by atoms with Crippen molar-refractivity contribution in [1.82, 2.24) is 5.32 Å². The van der Waals surface area contributed by atoms with Crippen LogP contribution in [0.2, 0.25) is 5.02 Å². The maximum atomic E-state index is 13.3. The molecule has 2 aromatic carbocycles. The monoisotopic (exact) mass is 482 g/mol. The molecule has 0 heterocycles. The lowest BCUT2D eigenvalue weighted by Gasteiger charge is -2.24. The first kappa shape index (κ1) is 25.4. The van der Waals surface area contributed by atoms with E-state index in [1.165, 1.54) is 37.3 Å². The highest BCUT2D eigenvalue weighted by atomic mass is 35.5. The van der Waals surface area contributed by atoms with Gasteiger partial charge in [0.1, 0.15) is 10.7 Å². The number of benzene rings is 2. The Hall–Kier alpha value is -2.91. The van der Waals surface area contributed by atoms with Crippen molar-refractivity contribution in [3.05, 3.63) is 71.5 Å². The molecule has 0 fully saturated rings. The SMILES string of the molecule is C=CCN(c1ccc(F)cc1)S(=O)(=O)c1cc(C(=O)OC(C)C(=O)NCCC)ccc1Cl. The molecule has 0 radical (unpaired) electrons. The molecule has 1 N–H and O–H groups in total. The highest BCUT2D eigenvalue weighted by Gasteiger charge is 2.28. The van der Waals surface area contributed by atoms with Crippen LogP contribution in [-0.2, 0) is 19.6 Å². The van der Waals surface area contributed by atoms with Gasteiger partial charge in [0.2, 0.25) is 0 Å². The lowest BCUT2D eigenvalue weighted by atomic mass is 10.2. The van der Waals surface area contributed by atoms with Crippen molar-refractivity contribution in [3.8, 4) is 0 Å². The lowest BCUT2D eigenvalue weighted by Crippen LogP contribution is -2.36. The largest absolute Gasteiger partial charge is 0.449 e. The Kier molecular flexibility index (Phi) is 8.80. The molecule has 0 saturated carbocycles. The first-order valence-corrected chi connectivity index (χ1v) is 11.6. The number of hydrogen-bond donors (Lipinski definition) is 1. The van der Waals surface area contributed by atoms with Gasteiger partial charge in [-0.25, -0.2) is 17.6 Å². The third-order valence-electron chi connectivity index (χ3n) is 4.35. The number of anilines is 1. The van der Waals surface area contributed by atoms with E-state index in [9.17, 15) is 22.4 Å². The molecule has 32 heavy (non-hydrogen) atoms.